The maximum atomic E-state index is 12.1. The van der Waals surface area contributed by atoms with E-state index >= 15 is 0 Å². The average molecular weight is 383 g/mol. The van der Waals surface area contributed by atoms with E-state index in [4.69, 9.17) is 4.42 Å². The van der Waals surface area contributed by atoms with E-state index in [2.05, 4.69) is 20.3 Å². The smallest absolute Gasteiger partial charge is 0.387 e. The van der Waals surface area contributed by atoms with Gasteiger partial charge in [0.25, 0.3) is 5.22 Å². The molecule has 0 spiro atoms. The minimum absolute atomic E-state index is 0.0356. The van der Waals surface area contributed by atoms with E-state index in [0.717, 1.165) is 12.8 Å². The number of hydrogen-bond donors (Lipinski definition) is 1. The van der Waals surface area contributed by atoms with Gasteiger partial charge in [-0.15, -0.1) is 10.2 Å². The van der Waals surface area contributed by atoms with Crippen molar-refractivity contribution in [1.29, 1.82) is 0 Å². The summed E-state index contributed by atoms with van der Waals surface area (Å²) in [7, 11) is 0. The molecule has 0 atom stereocenters. The molecule has 0 saturated heterocycles. The topological polar surface area (TPSA) is 77.2 Å². The van der Waals surface area contributed by atoms with Crippen molar-refractivity contribution in [3.63, 3.8) is 0 Å². The molecule has 2 aromatic rings. The fraction of sp³-hybridized carbons (Fsp3) is 0.471. The maximum absolute atomic E-state index is 12.1. The molecule has 3 rings (SSSR count). The quantitative estimate of drug-likeness (QED) is 0.712. The highest BCUT2D eigenvalue weighted by molar-refractivity contribution is 7.99. The van der Waals surface area contributed by atoms with Gasteiger partial charge in [0.05, 0.1) is 5.75 Å². The number of hydrogen-bond acceptors (Lipinski definition) is 6. The van der Waals surface area contributed by atoms with Crippen LogP contribution in [0.15, 0.2) is 33.9 Å². The molecular formula is C17H19F2N3O3S. The number of carbonyl (C=O) groups is 1. The van der Waals surface area contributed by atoms with E-state index in [1.165, 1.54) is 55.3 Å². The van der Waals surface area contributed by atoms with Crippen molar-refractivity contribution >= 4 is 23.4 Å². The number of alkyl halides is 2. The monoisotopic (exact) mass is 383 g/mol. The zero-order valence-electron chi connectivity index (χ0n) is 14.0. The van der Waals surface area contributed by atoms with Crippen LogP contribution in [0.3, 0.4) is 0 Å². The van der Waals surface area contributed by atoms with Crippen molar-refractivity contribution in [3.8, 4) is 5.75 Å². The molecule has 1 N–H and O–H groups in total. The summed E-state index contributed by atoms with van der Waals surface area (Å²) >= 11 is 1.17. The van der Waals surface area contributed by atoms with Crippen LogP contribution in [0, 0.1) is 0 Å². The molecule has 1 fully saturated rings. The predicted octanol–water partition coefficient (Wildman–Crippen LogP) is 4.45. The van der Waals surface area contributed by atoms with Crippen molar-refractivity contribution in [2.75, 3.05) is 11.1 Å². The van der Waals surface area contributed by atoms with Gasteiger partial charge in [0.2, 0.25) is 11.8 Å². The fourth-order valence-electron chi connectivity index (χ4n) is 2.84. The first-order chi connectivity index (χ1) is 12.6. The van der Waals surface area contributed by atoms with Gasteiger partial charge >= 0.3 is 6.61 Å². The summed E-state index contributed by atoms with van der Waals surface area (Å²) < 4.78 is 34.1. The minimum Gasteiger partial charge on any atom is -0.435 e. The largest absolute Gasteiger partial charge is 0.435 e. The van der Waals surface area contributed by atoms with Crippen molar-refractivity contribution < 1.29 is 22.7 Å². The first-order valence-electron chi connectivity index (χ1n) is 8.41. The Hall–Kier alpha value is -2.16. The lowest BCUT2D eigenvalue weighted by molar-refractivity contribution is -0.113. The molecule has 0 unspecified atom stereocenters. The Bertz CT molecular complexity index is 718. The van der Waals surface area contributed by atoms with Gasteiger partial charge in [0, 0.05) is 11.6 Å². The van der Waals surface area contributed by atoms with Gasteiger partial charge in [0.15, 0.2) is 0 Å². The Kier molecular flexibility index (Phi) is 6.43. The van der Waals surface area contributed by atoms with E-state index in [9.17, 15) is 13.6 Å². The normalized spacial score (nSPS) is 15.2. The number of carbonyl (C=O) groups excluding carboxylic acids is 1. The zero-order chi connectivity index (χ0) is 18.4. The number of rotatable bonds is 7. The summed E-state index contributed by atoms with van der Waals surface area (Å²) in [5.41, 5.74) is 0.491. The van der Waals surface area contributed by atoms with Gasteiger partial charge in [-0.05, 0) is 37.1 Å². The predicted molar refractivity (Wildman–Crippen MR) is 92.6 cm³/mol. The number of amides is 1. The van der Waals surface area contributed by atoms with Crippen LogP contribution in [-0.4, -0.2) is 28.5 Å². The number of nitrogens with one attached hydrogen (secondary N) is 1. The number of benzene rings is 1. The fourth-order valence-corrected chi connectivity index (χ4v) is 3.41. The van der Waals surface area contributed by atoms with Crippen LogP contribution in [0.2, 0.25) is 0 Å². The molecule has 0 aliphatic heterocycles. The number of anilines is 1. The van der Waals surface area contributed by atoms with Crippen LogP contribution in [0.25, 0.3) is 0 Å². The molecule has 9 heteroatoms. The van der Waals surface area contributed by atoms with E-state index in [0.29, 0.717) is 22.7 Å². The Balaban J connectivity index is 1.46. The molecule has 0 radical (unpaired) electrons. The number of halogens is 2. The summed E-state index contributed by atoms with van der Waals surface area (Å²) in [6.45, 7) is -2.88. The Morgan fingerprint density at radius 2 is 1.96 bits per heavy atom. The first kappa shape index (κ1) is 18.6. The van der Waals surface area contributed by atoms with Crippen LogP contribution >= 0.6 is 11.8 Å². The van der Waals surface area contributed by atoms with Crippen LogP contribution in [0.4, 0.5) is 14.5 Å². The lowest BCUT2D eigenvalue weighted by Gasteiger charge is -2.17. The van der Waals surface area contributed by atoms with Gasteiger partial charge in [0.1, 0.15) is 5.75 Å². The van der Waals surface area contributed by atoms with Gasteiger partial charge in [-0.3, -0.25) is 4.79 Å². The van der Waals surface area contributed by atoms with Gasteiger partial charge in [-0.25, -0.2) is 0 Å². The zero-order valence-corrected chi connectivity index (χ0v) is 14.8. The third-order valence-electron chi connectivity index (χ3n) is 4.07. The highest BCUT2D eigenvalue weighted by Crippen LogP contribution is 2.32. The van der Waals surface area contributed by atoms with E-state index < -0.39 is 6.61 Å². The number of aromatic nitrogens is 2. The number of thioether (sulfide) groups is 1. The highest BCUT2D eigenvalue weighted by atomic mass is 32.2. The summed E-state index contributed by atoms with van der Waals surface area (Å²) in [4.78, 5) is 12.0. The van der Waals surface area contributed by atoms with Crippen LogP contribution in [0.5, 0.6) is 5.75 Å². The standard InChI is InChI=1S/C17H19F2N3O3S/c18-16(19)24-13-8-6-12(7-9-13)20-14(23)10-26-17-22-21-15(25-17)11-4-2-1-3-5-11/h6-9,11,16H,1-5,10H2,(H,20,23). The third kappa shape index (κ3) is 5.42. The Morgan fingerprint density at radius 3 is 2.65 bits per heavy atom. The summed E-state index contributed by atoms with van der Waals surface area (Å²) in [5, 5.41) is 11.1. The second-order valence-corrected chi connectivity index (χ2v) is 6.91. The van der Waals surface area contributed by atoms with Crippen LogP contribution in [0.1, 0.15) is 43.9 Å². The second kappa shape index (κ2) is 8.98. The van der Waals surface area contributed by atoms with Crippen molar-refractivity contribution in [3.05, 3.63) is 30.2 Å². The number of nitrogens with zero attached hydrogens (tertiary/aromatic N) is 2. The Morgan fingerprint density at radius 1 is 1.23 bits per heavy atom. The van der Waals surface area contributed by atoms with Crippen LogP contribution < -0.4 is 10.1 Å². The maximum Gasteiger partial charge on any atom is 0.387 e. The lowest BCUT2D eigenvalue weighted by atomic mass is 9.89. The summed E-state index contributed by atoms with van der Waals surface area (Å²) in [6.07, 6.45) is 5.75. The van der Waals surface area contributed by atoms with Crippen molar-refractivity contribution in [2.24, 2.45) is 0 Å². The van der Waals surface area contributed by atoms with Crippen molar-refractivity contribution in [2.45, 2.75) is 49.9 Å². The average Bonchev–Trinajstić information content (AvgIpc) is 3.11. The summed E-state index contributed by atoms with van der Waals surface area (Å²) in [5.74, 6) is 0.876. The van der Waals surface area contributed by atoms with Gasteiger partial charge < -0.3 is 14.5 Å². The molecular weight excluding hydrogens is 364 g/mol. The van der Waals surface area contributed by atoms with Gasteiger partial charge in [-0.1, -0.05) is 31.0 Å². The van der Waals surface area contributed by atoms with Gasteiger partial charge in [-0.2, -0.15) is 8.78 Å². The first-order valence-corrected chi connectivity index (χ1v) is 9.39. The van der Waals surface area contributed by atoms with Crippen molar-refractivity contribution in [1.82, 2.24) is 10.2 Å². The molecule has 1 saturated carbocycles. The molecule has 1 aromatic carbocycles. The van der Waals surface area contributed by atoms with Crippen LogP contribution in [-0.2, 0) is 4.79 Å². The lowest BCUT2D eigenvalue weighted by Crippen LogP contribution is -2.14. The van der Waals surface area contributed by atoms with E-state index in [-0.39, 0.29) is 17.4 Å². The third-order valence-corrected chi connectivity index (χ3v) is 4.88. The molecule has 140 valence electrons. The second-order valence-electron chi connectivity index (χ2n) is 5.98. The molecule has 1 aliphatic rings. The number of ether oxygens (including phenoxy) is 1. The SMILES string of the molecule is O=C(CSc1nnc(C2CCCCC2)o1)Nc1ccc(OC(F)F)cc1. The molecule has 6 nitrogen and oxygen atoms in total. The molecule has 1 aromatic heterocycles. The van der Waals surface area contributed by atoms with E-state index in [1.54, 1.807) is 0 Å². The van der Waals surface area contributed by atoms with E-state index in [1.807, 2.05) is 0 Å². The molecule has 1 amide bonds. The highest BCUT2D eigenvalue weighted by Gasteiger charge is 2.21. The molecule has 26 heavy (non-hydrogen) atoms. The molecule has 1 aliphatic carbocycles. The minimum atomic E-state index is -2.88. The molecule has 0 bridgehead atoms. The molecule has 1 heterocycles. The summed E-state index contributed by atoms with van der Waals surface area (Å²) in [6, 6.07) is 5.72. The Labute approximate surface area is 153 Å².